The number of rotatable bonds is 6. The third kappa shape index (κ3) is 5.09. The molecular formula is C14H21N3O2. The van der Waals surface area contributed by atoms with Crippen molar-refractivity contribution in [2.45, 2.75) is 19.9 Å². The van der Waals surface area contributed by atoms with E-state index in [9.17, 15) is 9.59 Å². The summed E-state index contributed by atoms with van der Waals surface area (Å²) in [6.07, 6.45) is 0.808. The van der Waals surface area contributed by atoms with Crippen LogP contribution in [0.3, 0.4) is 0 Å². The smallest absolute Gasteiger partial charge is 0.312 e. The fourth-order valence-electron chi connectivity index (χ4n) is 1.73. The average Bonchev–Trinajstić information content (AvgIpc) is 2.44. The lowest BCUT2D eigenvalue weighted by molar-refractivity contribution is -0.146. The van der Waals surface area contributed by atoms with Crippen molar-refractivity contribution in [2.75, 3.05) is 19.6 Å². The van der Waals surface area contributed by atoms with E-state index in [2.05, 4.69) is 5.32 Å². The van der Waals surface area contributed by atoms with Crippen molar-refractivity contribution < 1.29 is 9.59 Å². The molecule has 1 aromatic rings. The highest BCUT2D eigenvalue weighted by molar-refractivity contribution is 6.34. The Morgan fingerprint density at radius 1 is 1.26 bits per heavy atom. The van der Waals surface area contributed by atoms with E-state index in [0.717, 1.165) is 12.0 Å². The van der Waals surface area contributed by atoms with Crippen LogP contribution in [0.1, 0.15) is 18.9 Å². The van der Waals surface area contributed by atoms with Crippen LogP contribution in [-0.4, -0.2) is 36.3 Å². The number of nitrogens with one attached hydrogen (secondary N) is 1. The van der Waals surface area contributed by atoms with Gasteiger partial charge in [-0.15, -0.1) is 0 Å². The normalized spacial score (nSPS) is 10.0. The Morgan fingerprint density at radius 2 is 1.95 bits per heavy atom. The standard InChI is InChI=1S/C14H21N3O2/c1-2-10-17(11-12-6-4-3-5-7-12)14(19)13(18)16-9-8-15/h3-7H,2,8-11,15H2,1H3,(H,16,18). The van der Waals surface area contributed by atoms with Crippen LogP contribution in [0.25, 0.3) is 0 Å². The van der Waals surface area contributed by atoms with E-state index in [1.54, 1.807) is 4.90 Å². The molecule has 0 aliphatic rings. The minimum atomic E-state index is -0.588. The van der Waals surface area contributed by atoms with E-state index in [4.69, 9.17) is 5.73 Å². The van der Waals surface area contributed by atoms with Crippen LogP contribution in [-0.2, 0) is 16.1 Å². The molecule has 0 saturated heterocycles. The molecule has 0 aromatic heterocycles. The van der Waals surface area contributed by atoms with E-state index < -0.39 is 11.8 Å². The van der Waals surface area contributed by atoms with Gasteiger partial charge < -0.3 is 16.0 Å². The van der Waals surface area contributed by atoms with Crippen molar-refractivity contribution in [3.05, 3.63) is 35.9 Å². The van der Waals surface area contributed by atoms with Crippen LogP contribution in [0.2, 0.25) is 0 Å². The molecule has 1 aromatic carbocycles. The third-order valence-corrected chi connectivity index (χ3v) is 2.62. The van der Waals surface area contributed by atoms with Gasteiger partial charge in [-0.2, -0.15) is 0 Å². The van der Waals surface area contributed by atoms with Crippen LogP contribution in [0, 0.1) is 0 Å². The van der Waals surface area contributed by atoms with Crippen LogP contribution in [0.4, 0.5) is 0 Å². The van der Waals surface area contributed by atoms with Crippen molar-refractivity contribution in [1.29, 1.82) is 0 Å². The summed E-state index contributed by atoms with van der Waals surface area (Å²) >= 11 is 0. The van der Waals surface area contributed by atoms with Gasteiger partial charge in [-0.3, -0.25) is 9.59 Å². The first-order chi connectivity index (χ1) is 9.19. The molecule has 0 unspecified atom stereocenters. The maximum atomic E-state index is 12.0. The van der Waals surface area contributed by atoms with Gasteiger partial charge in [-0.1, -0.05) is 37.3 Å². The molecule has 0 heterocycles. The van der Waals surface area contributed by atoms with Gasteiger partial charge in [-0.25, -0.2) is 0 Å². The minimum Gasteiger partial charge on any atom is -0.347 e. The predicted molar refractivity (Wildman–Crippen MR) is 74.2 cm³/mol. The summed E-state index contributed by atoms with van der Waals surface area (Å²) in [4.78, 5) is 25.2. The van der Waals surface area contributed by atoms with Gasteiger partial charge in [0.1, 0.15) is 0 Å². The molecule has 0 aliphatic heterocycles. The first kappa shape index (κ1) is 15.2. The summed E-state index contributed by atoms with van der Waals surface area (Å²) in [6, 6.07) is 9.63. The molecule has 0 bridgehead atoms. The van der Waals surface area contributed by atoms with Gasteiger partial charge in [0.2, 0.25) is 0 Å². The largest absolute Gasteiger partial charge is 0.347 e. The molecule has 0 spiro atoms. The molecule has 0 radical (unpaired) electrons. The first-order valence-electron chi connectivity index (χ1n) is 6.50. The molecule has 5 heteroatoms. The molecule has 3 N–H and O–H groups in total. The van der Waals surface area contributed by atoms with Gasteiger partial charge in [0, 0.05) is 26.2 Å². The van der Waals surface area contributed by atoms with Gasteiger partial charge in [0.15, 0.2) is 0 Å². The summed E-state index contributed by atoms with van der Waals surface area (Å²) in [5, 5.41) is 2.50. The van der Waals surface area contributed by atoms with Crippen LogP contribution < -0.4 is 11.1 Å². The number of nitrogens with zero attached hydrogens (tertiary/aromatic N) is 1. The molecular weight excluding hydrogens is 242 g/mol. The van der Waals surface area contributed by atoms with Gasteiger partial charge >= 0.3 is 11.8 Å². The first-order valence-corrected chi connectivity index (χ1v) is 6.50. The minimum absolute atomic E-state index is 0.315. The predicted octanol–water partition coefficient (Wildman–Crippen LogP) is 0.500. The Balaban J connectivity index is 2.66. The number of benzene rings is 1. The molecule has 104 valence electrons. The second-order valence-corrected chi connectivity index (χ2v) is 4.26. The Bertz CT molecular complexity index is 406. The van der Waals surface area contributed by atoms with Crippen molar-refractivity contribution in [3.8, 4) is 0 Å². The highest BCUT2D eigenvalue weighted by Crippen LogP contribution is 2.05. The SMILES string of the molecule is CCCN(Cc1ccccc1)C(=O)C(=O)NCCN. The van der Waals surface area contributed by atoms with Crippen molar-refractivity contribution in [3.63, 3.8) is 0 Å². The zero-order chi connectivity index (χ0) is 14.1. The number of hydrogen-bond donors (Lipinski definition) is 2. The topological polar surface area (TPSA) is 75.4 Å². The van der Waals surface area contributed by atoms with Crippen LogP contribution in [0.15, 0.2) is 30.3 Å². The van der Waals surface area contributed by atoms with Crippen molar-refractivity contribution >= 4 is 11.8 Å². The molecule has 0 saturated carbocycles. The van der Waals surface area contributed by atoms with Crippen molar-refractivity contribution in [2.24, 2.45) is 5.73 Å². The molecule has 0 fully saturated rings. The highest BCUT2D eigenvalue weighted by Gasteiger charge is 2.20. The second kappa shape index (κ2) is 8.26. The number of hydrogen-bond acceptors (Lipinski definition) is 3. The van der Waals surface area contributed by atoms with Gasteiger partial charge in [0.25, 0.3) is 0 Å². The number of carbonyl (C=O) groups is 2. The molecule has 5 nitrogen and oxygen atoms in total. The quantitative estimate of drug-likeness (QED) is 0.734. The Labute approximate surface area is 113 Å². The molecule has 19 heavy (non-hydrogen) atoms. The monoisotopic (exact) mass is 263 g/mol. The molecule has 0 atom stereocenters. The average molecular weight is 263 g/mol. The Hall–Kier alpha value is -1.88. The second-order valence-electron chi connectivity index (χ2n) is 4.26. The lowest BCUT2D eigenvalue weighted by Gasteiger charge is -2.21. The van der Waals surface area contributed by atoms with E-state index >= 15 is 0 Å². The van der Waals surface area contributed by atoms with E-state index in [0.29, 0.717) is 26.2 Å². The Morgan fingerprint density at radius 3 is 2.53 bits per heavy atom. The summed E-state index contributed by atoms with van der Waals surface area (Å²) in [5.41, 5.74) is 6.31. The molecule has 0 aliphatic carbocycles. The van der Waals surface area contributed by atoms with Gasteiger partial charge in [-0.05, 0) is 12.0 Å². The molecule has 1 rings (SSSR count). The van der Waals surface area contributed by atoms with E-state index in [-0.39, 0.29) is 0 Å². The number of nitrogens with two attached hydrogens (primary N) is 1. The fraction of sp³-hybridized carbons (Fsp3) is 0.429. The number of carbonyl (C=O) groups excluding carboxylic acids is 2. The summed E-state index contributed by atoms with van der Waals surface area (Å²) in [5.74, 6) is -1.09. The maximum Gasteiger partial charge on any atom is 0.312 e. The zero-order valence-electron chi connectivity index (χ0n) is 11.3. The third-order valence-electron chi connectivity index (χ3n) is 2.62. The lowest BCUT2D eigenvalue weighted by Crippen LogP contribution is -2.44. The number of amides is 2. The summed E-state index contributed by atoms with van der Waals surface area (Å²) in [7, 11) is 0. The van der Waals surface area contributed by atoms with Crippen LogP contribution in [0.5, 0.6) is 0 Å². The van der Waals surface area contributed by atoms with Crippen LogP contribution >= 0.6 is 0 Å². The fourth-order valence-corrected chi connectivity index (χ4v) is 1.73. The van der Waals surface area contributed by atoms with E-state index in [1.165, 1.54) is 0 Å². The van der Waals surface area contributed by atoms with Crippen molar-refractivity contribution in [1.82, 2.24) is 10.2 Å². The van der Waals surface area contributed by atoms with E-state index in [1.807, 2.05) is 37.3 Å². The lowest BCUT2D eigenvalue weighted by atomic mass is 10.2. The summed E-state index contributed by atoms with van der Waals surface area (Å²) < 4.78 is 0. The van der Waals surface area contributed by atoms with Gasteiger partial charge in [0.05, 0.1) is 0 Å². The maximum absolute atomic E-state index is 12.0. The zero-order valence-corrected chi connectivity index (χ0v) is 11.3. The summed E-state index contributed by atoms with van der Waals surface area (Å²) in [6.45, 7) is 3.62. The molecule has 2 amide bonds. The Kier molecular flexibility index (Phi) is 6.60. The highest BCUT2D eigenvalue weighted by atomic mass is 16.2.